The lowest BCUT2D eigenvalue weighted by atomic mass is 10.0. The number of aliphatic hydroxyl groups excluding tert-OH is 1. The van der Waals surface area contributed by atoms with Gasteiger partial charge in [-0.1, -0.05) is 0 Å². The van der Waals surface area contributed by atoms with Crippen LogP contribution in [0, 0.1) is 5.82 Å². The van der Waals surface area contributed by atoms with Crippen LogP contribution in [0.1, 0.15) is 15.9 Å². The molecule has 5 nitrogen and oxygen atoms in total. The summed E-state index contributed by atoms with van der Waals surface area (Å²) >= 11 is 5.61. The van der Waals surface area contributed by atoms with Crippen LogP contribution >= 0.6 is 11.6 Å². The van der Waals surface area contributed by atoms with Crippen LogP contribution in [-0.4, -0.2) is 42.6 Å². The van der Waals surface area contributed by atoms with Crippen molar-refractivity contribution in [2.45, 2.75) is 6.10 Å². The van der Waals surface area contributed by atoms with Crippen LogP contribution in [0.15, 0.2) is 36.4 Å². The number of halogens is 2. The largest absolute Gasteiger partial charge is 0.486 e. The third-order valence-electron chi connectivity index (χ3n) is 3.74. The number of nitrogens with one attached hydrogen (secondary N) is 1. The van der Waals surface area contributed by atoms with E-state index >= 15 is 0 Å². The van der Waals surface area contributed by atoms with Crippen LogP contribution in [-0.2, 0) is 0 Å². The first-order chi connectivity index (χ1) is 12.1. The quantitative estimate of drug-likeness (QED) is 0.608. The van der Waals surface area contributed by atoms with Gasteiger partial charge in [-0.2, -0.15) is 0 Å². The Morgan fingerprint density at radius 3 is 2.48 bits per heavy atom. The van der Waals surface area contributed by atoms with Crippen molar-refractivity contribution in [3.8, 4) is 11.5 Å². The summed E-state index contributed by atoms with van der Waals surface area (Å²) in [6.07, 6.45) is -0.761. The van der Waals surface area contributed by atoms with Gasteiger partial charge < -0.3 is 19.9 Å². The highest BCUT2D eigenvalue weighted by Gasteiger charge is 2.21. The molecule has 2 aromatic rings. The molecule has 1 aliphatic heterocycles. The summed E-state index contributed by atoms with van der Waals surface area (Å²) in [4.78, 5) is 12.8. The number of carbonyl (C=O) groups is 1. The van der Waals surface area contributed by atoms with Gasteiger partial charge >= 0.3 is 0 Å². The minimum Gasteiger partial charge on any atom is -0.486 e. The van der Waals surface area contributed by atoms with Crippen LogP contribution in [0.3, 0.4) is 0 Å². The Morgan fingerprint density at radius 1 is 1.20 bits per heavy atom. The maximum absolute atomic E-state index is 13.1. The Kier molecular flexibility index (Phi) is 5.40. The minimum absolute atomic E-state index is 0.0682. The standard InChI is InChI=1S/C18H17ClFNO4/c19-9-13(22)10-21-15-8-17-16(24-5-6-25-17)7-14(15)18(23)11-1-3-12(20)4-2-11/h1-4,7-8,13,21-22H,5-6,9-10H2. The molecular formula is C18H17ClFNO4. The van der Waals surface area contributed by atoms with Crippen LogP contribution < -0.4 is 14.8 Å². The number of hydrogen-bond donors (Lipinski definition) is 2. The fourth-order valence-electron chi connectivity index (χ4n) is 2.46. The van der Waals surface area contributed by atoms with Crippen molar-refractivity contribution < 1.29 is 23.8 Å². The topological polar surface area (TPSA) is 67.8 Å². The predicted molar refractivity (Wildman–Crippen MR) is 92.5 cm³/mol. The zero-order chi connectivity index (χ0) is 17.8. The SMILES string of the molecule is O=C(c1ccc(F)cc1)c1cc2c(cc1NCC(O)CCl)OCCO2. The first-order valence-corrected chi connectivity index (χ1v) is 8.33. The Labute approximate surface area is 149 Å². The average Bonchev–Trinajstić information content (AvgIpc) is 2.65. The molecule has 132 valence electrons. The van der Waals surface area contributed by atoms with Gasteiger partial charge in [0.05, 0.1) is 12.0 Å². The molecule has 25 heavy (non-hydrogen) atoms. The zero-order valence-corrected chi connectivity index (χ0v) is 14.1. The summed E-state index contributed by atoms with van der Waals surface area (Å²) in [7, 11) is 0. The molecule has 7 heteroatoms. The number of alkyl halides is 1. The van der Waals surface area contributed by atoms with E-state index < -0.39 is 11.9 Å². The summed E-state index contributed by atoms with van der Waals surface area (Å²) < 4.78 is 24.2. The lowest BCUT2D eigenvalue weighted by molar-refractivity contribution is 0.103. The number of ketones is 1. The number of rotatable bonds is 6. The fraction of sp³-hybridized carbons (Fsp3) is 0.278. The molecule has 1 aliphatic rings. The molecule has 0 aromatic heterocycles. The number of fused-ring (bicyclic) bond motifs is 1. The van der Waals surface area contributed by atoms with Gasteiger partial charge in [-0.25, -0.2) is 4.39 Å². The monoisotopic (exact) mass is 365 g/mol. The maximum atomic E-state index is 13.1. The van der Waals surface area contributed by atoms with Crippen molar-refractivity contribution in [2.75, 3.05) is 31.0 Å². The van der Waals surface area contributed by atoms with Crippen molar-refractivity contribution in [3.05, 3.63) is 53.3 Å². The van der Waals surface area contributed by atoms with E-state index in [0.717, 1.165) is 0 Å². The minimum atomic E-state index is -0.761. The second kappa shape index (κ2) is 7.72. The molecule has 2 aromatic carbocycles. The van der Waals surface area contributed by atoms with Crippen LogP contribution in [0.5, 0.6) is 11.5 Å². The Bertz CT molecular complexity index is 766. The highest BCUT2D eigenvalue weighted by Crippen LogP contribution is 2.36. The van der Waals surface area contributed by atoms with E-state index in [1.807, 2.05) is 0 Å². The first kappa shape index (κ1) is 17.5. The van der Waals surface area contributed by atoms with Crippen molar-refractivity contribution in [1.82, 2.24) is 0 Å². The van der Waals surface area contributed by atoms with Crippen molar-refractivity contribution in [1.29, 1.82) is 0 Å². The van der Waals surface area contributed by atoms with Crippen LogP contribution in [0.2, 0.25) is 0 Å². The number of aliphatic hydroxyl groups is 1. The van der Waals surface area contributed by atoms with Gasteiger partial charge in [0.25, 0.3) is 0 Å². The van der Waals surface area contributed by atoms with E-state index in [1.54, 1.807) is 12.1 Å². The highest BCUT2D eigenvalue weighted by molar-refractivity contribution is 6.18. The molecule has 0 saturated carbocycles. The summed E-state index contributed by atoms with van der Waals surface area (Å²) in [6, 6.07) is 8.56. The first-order valence-electron chi connectivity index (χ1n) is 7.80. The molecule has 0 aliphatic carbocycles. The summed E-state index contributed by atoms with van der Waals surface area (Å²) in [5.41, 5.74) is 1.18. The lowest BCUT2D eigenvalue weighted by Gasteiger charge is -2.22. The number of anilines is 1. The van der Waals surface area contributed by atoms with Crippen molar-refractivity contribution >= 4 is 23.1 Å². The second-order valence-electron chi connectivity index (χ2n) is 5.57. The molecule has 0 bridgehead atoms. The van der Waals surface area contributed by atoms with E-state index in [9.17, 15) is 14.3 Å². The number of hydrogen-bond acceptors (Lipinski definition) is 5. The highest BCUT2D eigenvalue weighted by atomic mass is 35.5. The van der Waals surface area contributed by atoms with E-state index in [2.05, 4.69) is 5.32 Å². The molecule has 0 saturated heterocycles. The van der Waals surface area contributed by atoms with Gasteiger partial charge in [-0.15, -0.1) is 11.6 Å². The number of ether oxygens (including phenoxy) is 2. The predicted octanol–water partition coefficient (Wildman–Crippen LogP) is 2.84. The molecule has 1 heterocycles. The van der Waals surface area contributed by atoms with Gasteiger partial charge in [-0.3, -0.25) is 4.79 Å². The molecule has 0 amide bonds. The smallest absolute Gasteiger partial charge is 0.195 e. The molecule has 1 atom stereocenters. The van der Waals surface area contributed by atoms with E-state index in [4.69, 9.17) is 21.1 Å². The van der Waals surface area contributed by atoms with Gasteiger partial charge in [0.15, 0.2) is 17.3 Å². The van der Waals surface area contributed by atoms with Crippen molar-refractivity contribution in [3.63, 3.8) is 0 Å². The van der Waals surface area contributed by atoms with E-state index in [-0.39, 0.29) is 18.2 Å². The Balaban J connectivity index is 1.96. The summed E-state index contributed by atoms with van der Waals surface area (Å²) in [5.74, 6) is 0.353. The molecule has 1 unspecified atom stereocenters. The molecule has 2 N–H and O–H groups in total. The molecule has 3 rings (SSSR count). The number of carbonyl (C=O) groups excluding carboxylic acids is 1. The molecular weight excluding hydrogens is 349 g/mol. The van der Waals surface area contributed by atoms with Gasteiger partial charge in [0.1, 0.15) is 19.0 Å². The summed E-state index contributed by atoms with van der Waals surface area (Å²) in [5, 5.41) is 12.7. The Morgan fingerprint density at radius 2 is 1.84 bits per heavy atom. The third-order valence-corrected chi connectivity index (χ3v) is 4.10. The summed E-state index contributed by atoms with van der Waals surface area (Å²) in [6.45, 7) is 0.990. The zero-order valence-electron chi connectivity index (χ0n) is 13.3. The maximum Gasteiger partial charge on any atom is 0.195 e. The van der Waals surface area contributed by atoms with Gasteiger partial charge in [0, 0.05) is 29.4 Å². The molecule has 0 radical (unpaired) electrons. The third kappa shape index (κ3) is 4.03. The second-order valence-corrected chi connectivity index (χ2v) is 5.88. The number of benzene rings is 2. The van der Waals surface area contributed by atoms with Crippen LogP contribution in [0.4, 0.5) is 10.1 Å². The fourth-order valence-corrected chi connectivity index (χ4v) is 2.57. The average molecular weight is 366 g/mol. The Hall–Kier alpha value is -2.31. The van der Waals surface area contributed by atoms with Gasteiger partial charge in [-0.05, 0) is 30.3 Å². The van der Waals surface area contributed by atoms with Gasteiger partial charge in [0.2, 0.25) is 0 Å². The molecule has 0 fully saturated rings. The van der Waals surface area contributed by atoms with Crippen molar-refractivity contribution in [2.24, 2.45) is 0 Å². The molecule has 0 spiro atoms. The normalized spacial score (nSPS) is 14.0. The van der Waals surface area contributed by atoms with E-state index in [0.29, 0.717) is 41.5 Å². The lowest BCUT2D eigenvalue weighted by Crippen LogP contribution is -2.23. The van der Waals surface area contributed by atoms with E-state index in [1.165, 1.54) is 24.3 Å². The van der Waals surface area contributed by atoms with Crippen LogP contribution in [0.25, 0.3) is 0 Å².